The number of amides is 19. The zero-order valence-electron chi connectivity index (χ0n) is 75.7. The van der Waals surface area contributed by atoms with Gasteiger partial charge >= 0.3 is 41.8 Å². The summed E-state index contributed by atoms with van der Waals surface area (Å²) in [5, 5.41) is 147. The highest BCUT2D eigenvalue weighted by Crippen LogP contribution is 2.21. The lowest BCUT2D eigenvalue weighted by molar-refractivity contribution is -0.145. The molecule has 0 aromatic rings. The number of aliphatic hydroxyl groups excluding tert-OH is 4. The number of aliphatic carboxylic acids is 7. The van der Waals surface area contributed by atoms with E-state index in [-0.39, 0.29) is 32.2 Å². The van der Waals surface area contributed by atoms with E-state index >= 15 is 0 Å². The van der Waals surface area contributed by atoms with E-state index in [0.29, 0.717) is 0 Å². The number of nitrogens with two attached hydrogens (primary N) is 1. The van der Waals surface area contributed by atoms with Gasteiger partial charge in [-0.2, -0.15) is 0 Å². The van der Waals surface area contributed by atoms with Gasteiger partial charge < -0.3 is 163 Å². The summed E-state index contributed by atoms with van der Waals surface area (Å²) in [6.07, 6.45) is -14.0. The lowest BCUT2D eigenvalue weighted by atomic mass is 9.98. The molecule has 0 unspecified atom stereocenters. The van der Waals surface area contributed by atoms with E-state index in [9.17, 15) is 176 Å². The van der Waals surface area contributed by atoms with Crippen LogP contribution in [0.1, 0.15) is 166 Å². The summed E-state index contributed by atoms with van der Waals surface area (Å²) >= 11 is 0. The first-order valence-corrected chi connectivity index (χ1v) is 42.4. The molecular formula is C78H124N20O37. The molecule has 57 nitrogen and oxygen atoms in total. The van der Waals surface area contributed by atoms with Gasteiger partial charge in [-0.25, -0.2) is 0 Å². The van der Waals surface area contributed by atoms with Crippen LogP contribution in [-0.2, 0) is 125 Å². The standard InChI is InChI=1S/C78H124N20O37/c1-12-32(4)59(95-50(104)28-80-62(119)34(6)84-66(123)40(15-19-51(105)106)89-68(125)42(17-21-53(109)110)88-65(122)36(8)86-77(134)60(38(10)101)96-75(132)58(79)37(9)100)76(133)81-27-49(103)87-45(25-55(113)114)72(129)97-61(39(11)102)78(135)98-23-13-14-48(98)74(131)94-47(30-99)73(130)92-44(24-31(2)3)70(127)91-43(18-22-54(111)112)69(126)93-46(26-56(115)116)71(128)90-41(16-20-52(107)108)67(124)85-35(7)64(121)83-33(5)63(120)82-29-57(117)118/h31-48,58-61,99-102H,12-30,79H2,1-11H3,(H,80,119)(H,81,133)(H,82,120)(H,83,121)(H,84,123)(H,85,124)(H,86,134)(H,87,103)(H,88,122)(H,89,125)(H,90,128)(H,91,127)(H,92,130)(H,93,126)(H,94,131)(H,95,104)(H,96,132)(H,97,129)(H,105,106)(H,107,108)(H,109,110)(H,111,112)(H,113,114)(H,115,116)(H,117,118)/t32-,33-,34-,35-,36-,37+,38+,39+,40-,41-,42-,43-,44-,45-,46-,47-,48-,58-,59-,60-,61-/m0/s1. The maximum Gasteiger partial charge on any atom is 0.322 e. The molecular weight excluding hydrogens is 1810 g/mol. The van der Waals surface area contributed by atoms with Gasteiger partial charge in [0.25, 0.3) is 0 Å². The van der Waals surface area contributed by atoms with Gasteiger partial charge in [0.1, 0.15) is 109 Å². The van der Waals surface area contributed by atoms with Crippen molar-refractivity contribution >= 4 is 154 Å². The Morgan fingerprint density at radius 3 is 1.06 bits per heavy atom. The minimum atomic E-state index is -2.21. The number of rotatable bonds is 62. The predicted octanol–water partition coefficient (Wildman–Crippen LogP) is -13.3. The molecule has 0 aromatic heterocycles. The van der Waals surface area contributed by atoms with Crippen LogP contribution in [0, 0.1) is 11.8 Å². The van der Waals surface area contributed by atoms with E-state index in [0.717, 1.165) is 46.4 Å². The van der Waals surface area contributed by atoms with Crippen LogP contribution in [0.15, 0.2) is 0 Å². The minimum Gasteiger partial charge on any atom is -0.481 e. The van der Waals surface area contributed by atoms with Crippen molar-refractivity contribution in [1.29, 1.82) is 0 Å². The molecule has 0 aromatic carbocycles. The Balaban J connectivity index is 3.33. The Kier molecular flexibility index (Phi) is 51.9. The highest BCUT2D eigenvalue weighted by atomic mass is 16.4. The second-order valence-corrected chi connectivity index (χ2v) is 32.1. The summed E-state index contributed by atoms with van der Waals surface area (Å²) in [6, 6.07) is -30.2. The minimum absolute atomic E-state index is 0.0258. The Morgan fingerprint density at radius 1 is 0.326 bits per heavy atom. The van der Waals surface area contributed by atoms with Gasteiger partial charge in [0.2, 0.25) is 112 Å². The second kappa shape index (κ2) is 58.8. The summed E-state index contributed by atoms with van der Waals surface area (Å²) < 4.78 is 0. The zero-order chi connectivity index (χ0) is 103. The number of carbonyl (C=O) groups is 26. The number of nitrogens with one attached hydrogen (secondary N) is 18. The van der Waals surface area contributed by atoms with Crippen LogP contribution in [0.2, 0.25) is 0 Å². The number of likely N-dealkylation sites (tertiary alicyclic amines) is 1. The summed E-state index contributed by atoms with van der Waals surface area (Å²) in [7, 11) is 0. The molecule has 1 fully saturated rings. The molecule has 0 spiro atoms. The van der Waals surface area contributed by atoms with E-state index in [1.54, 1.807) is 20.8 Å². The third-order valence-electron chi connectivity index (χ3n) is 20.2. The first-order valence-electron chi connectivity index (χ1n) is 42.4. The van der Waals surface area contributed by atoms with Gasteiger partial charge in [-0.15, -0.1) is 0 Å². The number of aliphatic hydroxyl groups is 4. The molecule has 0 saturated carbocycles. The third-order valence-corrected chi connectivity index (χ3v) is 20.2. The van der Waals surface area contributed by atoms with Gasteiger partial charge in [-0.3, -0.25) is 125 Å². The number of carboxylic acids is 7. The SMILES string of the molecule is CC[C@H](C)[C@H](NC(=O)CNC(=O)[C@H](C)NC(=O)[C@H](CCC(=O)O)NC(=O)[C@H](CCC(=O)O)NC(=O)[C@H](C)NC(=O)[C@@H](NC(=O)[C@@H](N)[C@@H](C)O)[C@@H](C)O)C(=O)NCC(=O)N[C@@H](CC(=O)O)C(=O)N[C@H](C(=O)N1CCC[C@H]1C(=O)N[C@@H](CO)C(=O)N[C@@H](CC(C)C)C(=O)N[C@@H](CCC(=O)O)C(=O)N[C@@H](CC(=O)O)C(=O)N[C@@H](CCC(=O)O)C(=O)N[C@@H](C)C(=O)N[C@@H](C)C(=O)NCC(=O)O)[C@@H](C)O. The lowest BCUT2D eigenvalue weighted by Gasteiger charge is -2.31. The third kappa shape index (κ3) is 44.0. The fourth-order valence-electron chi connectivity index (χ4n) is 12.4. The van der Waals surface area contributed by atoms with Crippen LogP contribution in [-0.4, -0.2) is 369 Å². The molecule has 758 valence electrons. The molecule has 0 aliphatic carbocycles. The van der Waals surface area contributed by atoms with Gasteiger partial charge in [0.05, 0.1) is 50.8 Å². The molecule has 21 atom stereocenters. The monoisotopic (exact) mass is 1930 g/mol. The van der Waals surface area contributed by atoms with Crippen molar-refractivity contribution in [2.75, 3.05) is 32.8 Å². The second-order valence-electron chi connectivity index (χ2n) is 32.1. The molecule has 1 rings (SSSR count). The maximum absolute atomic E-state index is 14.3. The van der Waals surface area contributed by atoms with Crippen molar-refractivity contribution in [2.24, 2.45) is 17.6 Å². The van der Waals surface area contributed by atoms with Gasteiger partial charge in [0.15, 0.2) is 0 Å². The molecule has 1 heterocycles. The topological polar surface area (TPSA) is 912 Å². The first-order chi connectivity index (χ1) is 62.8. The largest absolute Gasteiger partial charge is 0.481 e. The average molecular weight is 1930 g/mol. The van der Waals surface area contributed by atoms with Crippen molar-refractivity contribution in [3.8, 4) is 0 Å². The average Bonchev–Trinajstić information content (AvgIpc) is 1.70. The molecule has 0 radical (unpaired) electrons. The molecule has 31 N–H and O–H groups in total. The van der Waals surface area contributed by atoms with Crippen molar-refractivity contribution in [1.82, 2.24) is 101 Å². The van der Waals surface area contributed by atoms with Crippen molar-refractivity contribution in [3.05, 3.63) is 0 Å². The highest BCUT2D eigenvalue weighted by Gasteiger charge is 2.44. The van der Waals surface area contributed by atoms with Crippen LogP contribution in [0.4, 0.5) is 0 Å². The van der Waals surface area contributed by atoms with Gasteiger partial charge in [0, 0.05) is 32.2 Å². The molecule has 135 heavy (non-hydrogen) atoms. The zero-order valence-corrected chi connectivity index (χ0v) is 75.7. The van der Waals surface area contributed by atoms with Crippen molar-refractivity contribution < 1.29 is 181 Å². The molecule has 1 saturated heterocycles. The van der Waals surface area contributed by atoms with Crippen LogP contribution < -0.4 is 101 Å². The van der Waals surface area contributed by atoms with Crippen LogP contribution in [0.25, 0.3) is 0 Å². The number of carbonyl (C=O) groups excluding carboxylic acids is 19. The van der Waals surface area contributed by atoms with E-state index in [2.05, 4.69) is 85.1 Å². The van der Waals surface area contributed by atoms with Crippen molar-refractivity contribution in [2.45, 2.75) is 287 Å². The highest BCUT2D eigenvalue weighted by molar-refractivity contribution is 6.03. The van der Waals surface area contributed by atoms with Crippen LogP contribution >= 0.6 is 0 Å². The van der Waals surface area contributed by atoms with Crippen LogP contribution in [0.5, 0.6) is 0 Å². The normalized spacial score (nSPS) is 16.6. The Labute approximate surface area is 770 Å². The number of carboxylic acid groups (broad SMARTS) is 7. The molecule has 0 bridgehead atoms. The summed E-state index contributed by atoms with van der Waals surface area (Å²) in [5.74, 6) is -35.2. The smallest absolute Gasteiger partial charge is 0.322 e. The molecule has 1 aliphatic rings. The quantitative estimate of drug-likeness (QED) is 0.0269. The Bertz CT molecular complexity index is 4280. The predicted molar refractivity (Wildman–Crippen MR) is 454 cm³/mol. The van der Waals surface area contributed by atoms with Crippen LogP contribution in [0.3, 0.4) is 0 Å². The van der Waals surface area contributed by atoms with E-state index in [1.165, 1.54) is 13.8 Å². The number of hydrogen-bond donors (Lipinski definition) is 30. The lowest BCUT2D eigenvalue weighted by Crippen LogP contribution is -2.62. The van der Waals surface area contributed by atoms with E-state index < -0.39 is 377 Å². The van der Waals surface area contributed by atoms with Gasteiger partial charge in [-0.05, 0) is 105 Å². The number of hydrogen-bond acceptors (Lipinski definition) is 31. The van der Waals surface area contributed by atoms with Crippen molar-refractivity contribution in [3.63, 3.8) is 0 Å². The summed E-state index contributed by atoms with van der Waals surface area (Å²) in [5.41, 5.74) is 5.60. The van der Waals surface area contributed by atoms with E-state index in [1.807, 2.05) is 10.6 Å². The number of nitrogens with zero attached hydrogens (tertiary/aromatic N) is 1. The molecule has 1 aliphatic heterocycles. The fourth-order valence-corrected chi connectivity index (χ4v) is 12.4. The molecule has 19 amide bonds. The Morgan fingerprint density at radius 2 is 0.659 bits per heavy atom. The summed E-state index contributed by atoms with van der Waals surface area (Å²) in [4.78, 5) is 340. The fraction of sp³-hybridized carbons (Fsp3) is 0.667. The Hall–Kier alpha value is -14.0. The van der Waals surface area contributed by atoms with E-state index in [4.69, 9.17) is 10.8 Å². The summed E-state index contributed by atoms with van der Waals surface area (Å²) in [6.45, 7) is 9.48. The first kappa shape index (κ1) is 119. The molecule has 57 heteroatoms. The maximum atomic E-state index is 14.3. The van der Waals surface area contributed by atoms with Gasteiger partial charge in [-0.1, -0.05) is 34.1 Å².